The molecule has 4 aromatic rings. The van der Waals surface area contributed by atoms with E-state index in [1.807, 2.05) is 13.0 Å². The maximum Gasteiger partial charge on any atom is 0.249 e. The number of carbonyl (C=O) groups is 1. The molecule has 0 bridgehead atoms. The first-order chi connectivity index (χ1) is 12.9. The number of rotatable bonds is 3. The number of primary amides is 1. The molecule has 1 aromatic heterocycles. The molecule has 1 amide bonds. The summed E-state index contributed by atoms with van der Waals surface area (Å²) in [6.07, 6.45) is 0. The number of benzene rings is 3. The highest BCUT2D eigenvalue weighted by atomic mass is 19.2. The van der Waals surface area contributed by atoms with Gasteiger partial charge in [-0.3, -0.25) is 4.79 Å². The summed E-state index contributed by atoms with van der Waals surface area (Å²) < 4.78 is 43.2. The van der Waals surface area contributed by atoms with Crippen LogP contribution in [0.3, 0.4) is 0 Å². The van der Waals surface area contributed by atoms with Crippen LogP contribution >= 0.6 is 0 Å². The van der Waals surface area contributed by atoms with E-state index >= 15 is 0 Å². The lowest BCUT2D eigenvalue weighted by Gasteiger charge is -2.10. The molecule has 2 N–H and O–H groups in total. The first-order valence-corrected chi connectivity index (χ1v) is 8.23. The highest BCUT2D eigenvalue weighted by molar-refractivity contribution is 6.17. The molecule has 0 saturated heterocycles. The molecule has 1 heterocycles. The Hall–Kier alpha value is -3.28. The monoisotopic (exact) mass is 367 g/mol. The molecule has 6 heteroatoms. The average molecular weight is 367 g/mol. The first kappa shape index (κ1) is 17.1. The lowest BCUT2D eigenvalue weighted by Crippen LogP contribution is -2.11. The van der Waals surface area contributed by atoms with E-state index in [0.717, 1.165) is 11.6 Å². The number of hydrogen-bond donors (Lipinski definition) is 1. The number of halogens is 3. The van der Waals surface area contributed by atoms with E-state index < -0.39 is 23.4 Å². The SMILES string of the molecule is Cc1c[c]c2c3c(C(N)=O)cccc3n(Cc3cc(F)cc(F)c3F)c2c1. The Morgan fingerprint density at radius 1 is 1.15 bits per heavy atom. The van der Waals surface area contributed by atoms with Crippen LogP contribution in [0.2, 0.25) is 0 Å². The Balaban J connectivity index is 2.06. The van der Waals surface area contributed by atoms with Crippen LogP contribution in [-0.2, 0) is 6.54 Å². The number of carbonyl (C=O) groups excluding carboxylic acids is 1. The average Bonchev–Trinajstić information content (AvgIpc) is 2.92. The lowest BCUT2D eigenvalue weighted by molar-refractivity contribution is 0.100. The predicted octanol–water partition coefficient (Wildman–Crippen LogP) is 4.47. The van der Waals surface area contributed by atoms with E-state index in [2.05, 4.69) is 6.07 Å². The van der Waals surface area contributed by atoms with Gasteiger partial charge in [-0.1, -0.05) is 12.1 Å². The van der Waals surface area contributed by atoms with Crippen LogP contribution in [0.1, 0.15) is 21.5 Å². The molecule has 135 valence electrons. The fraction of sp³-hybridized carbons (Fsp3) is 0.0952. The zero-order chi connectivity index (χ0) is 19.3. The van der Waals surface area contributed by atoms with E-state index in [4.69, 9.17) is 5.73 Å². The number of fused-ring (bicyclic) bond motifs is 3. The number of nitrogens with zero attached hydrogens (tertiary/aromatic N) is 1. The molecule has 4 rings (SSSR count). The minimum atomic E-state index is -1.24. The first-order valence-electron chi connectivity index (χ1n) is 8.23. The summed E-state index contributed by atoms with van der Waals surface area (Å²) >= 11 is 0. The van der Waals surface area contributed by atoms with Crippen molar-refractivity contribution in [2.24, 2.45) is 5.73 Å². The Morgan fingerprint density at radius 2 is 1.93 bits per heavy atom. The zero-order valence-corrected chi connectivity index (χ0v) is 14.3. The summed E-state index contributed by atoms with van der Waals surface area (Å²) in [5, 5.41) is 1.22. The fourth-order valence-electron chi connectivity index (χ4n) is 3.43. The maximum absolute atomic E-state index is 14.2. The Kier molecular flexibility index (Phi) is 3.91. The molecule has 3 aromatic carbocycles. The predicted molar refractivity (Wildman–Crippen MR) is 97.0 cm³/mol. The molecule has 0 saturated carbocycles. The van der Waals surface area contributed by atoms with Crippen molar-refractivity contribution in [2.75, 3.05) is 0 Å². The third-order valence-electron chi connectivity index (χ3n) is 4.60. The summed E-state index contributed by atoms with van der Waals surface area (Å²) in [5.74, 6) is -3.80. The third kappa shape index (κ3) is 2.73. The molecular weight excluding hydrogens is 353 g/mol. The zero-order valence-electron chi connectivity index (χ0n) is 14.3. The molecule has 0 fully saturated rings. The normalized spacial score (nSPS) is 11.4. The Morgan fingerprint density at radius 3 is 2.67 bits per heavy atom. The van der Waals surface area contributed by atoms with Gasteiger partial charge in [-0.2, -0.15) is 0 Å². The van der Waals surface area contributed by atoms with Crippen molar-refractivity contribution in [3.63, 3.8) is 0 Å². The van der Waals surface area contributed by atoms with Crippen LogP contribution in [-0.4, -0.2) is 10.5 Å². The van der Waals surface area contributed by atoms with Crippen molar-refractivity contribution in [3.05, 3.63) is 82.7 Å². The van der Waals surface area contributed by atoms with Gasteiger partial charge in [-0.25, -0.2) is 13.2 Å². The van der Waals surface area contributed by atoms with Gasteiger partial charge in [0.2, 0.25) is 5.91 Å². The topological polar surface area (TPSA) is 48.0 Å². The molecule has 0 spiro atoms. The van der Waals surface area contributed by atoms with Gasteiger partial charge in [0.1, 0.15) is 5.82 Å². The number of hydrogen-bond acceptors (Lipinski definition) is 1. The van der Waals surface area contributed by atoms with Gasteiger partial charge in [-0.15, -0.1) is 0 Å². The van der Waals surface area contributed by atoms with E-state index in [-0.39, 0.29) is 12.1 Å². The molecule has 0 aliphatic rings. The van der Waals surface area contributed by atoms with Crippen LogP contribution < -0.4 is 5.73 Å². The summed E-state index contributed by atoms with van der Waals surface area (Å²) in [6.45, 7) is 1.76. The molecule has 0 aliphatic carbocycles. The van der Waals surface area contributed by atoms with Crippen LogP contribution in [0, 0.1) is 30.4 Å². The van der Waals surface area contributed by atoms with Crippen molar-refractivity contribution >= 4 is 27.7 Å². The molecule has 1 radical (unpaired) electrons. The van der Waals surface area contributed by atoms with Crippen LogP contribution in [0.25, 0.3) is 21.8 Å². The van der Waals surface area contributed by atoms with E-state index in [1.54, 1.807) is 28.8 Å². The highest BCUT2D eigenvalue weighted by Crippen LogP contribution is 2.33. The number of aryl methyl sites for hydroxylation is 1. The molecule has 0 unspecified atom stereocenters. The van der Waals surface area contributed by atoms with Gasteiger partial charge in [0.05, 0.1) is 17.6 Å². The largest absolute Gasteiger partial charge is 0.366 e. The summed E-state index contributed by atoms with van der Waals surface area (Å²) in [4.78, 5) is 11.9. The van der Waals surface area contributed by atoms with Gasteiger partial charge in [0.25, 0.3) is 0 Å². The standard InChI is InChI=1S/C21H14F3N2O/c1-11-5-6-14-18(7-11)26(10-12-8-13(22)9-16(23)20(12)24)17-4-2-3-15(19(14)17)21(25)27/h2-5,7-9H,10H2,1H3,(H2,25,27). The van der Waals surface area contributed by atoms with Crippen LogP contribution in [0.15, 0.2) is 42.5 Å². The summed E-state index contributed by atoms with van der Waals surface area (Å²) in [6, 6.07) is 13.2. The summed E-state index contributed by atoms with van der Waals surface area (Å²) in [5.41, 5.74) is 7.86. The summed E-state index contributed by atoms with van der Waals surface area (Å²) in [7, 11) is 0. The molecule has 0 atom stereocenters. The quantitative estimate of drug-likeness (QED) is 0.534. The molecule has 3 nitrogen and oxygen atoms in total. The second-order valence-corrected chi connectivity index (χ2v) is 6.45. The van der Waals surface area contributed by atoms with Gasteiger partial charge < -0.3 is 10.3 Å². The second-order valence-electron chi connectivity index (χ2n) is 6.45. The van der Waals surface area contributed by atoms with Crippen molar-refractivity contribution in [2.45, 2.75) is 13.5 Å². The minimum Gasteiger partial charge on any atom is -0.366 e. The second kappa shape index (κ2) is 6.16. The van der Waals surface area contributed by atoms with Gasteiger partial charge in [0.15, 0.2) is 11.6 Å². The highest BCUT2D eigenvalue weighted by Gasteiger charge is 2.19. The van der Waals surface area contributed by atoms with E-state index in [0.29, 0.717) is 33.4 Å². The fourth-order valence-corrected chi connectivity index (χ4v) is 3.43. The lowest BCUT2D eigenvalue weighted by atomic mass is 10.1. The molecule has 0 aliphatic heterocycles. The minimum absolute atomic E-state index is 0.111. The van der Waals surface area contributed by atoms with Crippen LogP contribution in [0.5, 0.6) is 0 Å². The van der Waals surface area contributed by atoms with Gasteiger partial charge in [0, 0.05) is 28.0 Å². The van der Waals surface area contributed by atoms with Gasteiger partial charge >= 0.3 is 0 Å². The molecular formula is C21H14F3N2O. The number of aromatic nitrogens is 1. The van der Waals surface area contributed by atoms with Gasteiger partial charge in [-0.05, 0) is 42.8 Å². The maximum atomic E-state index is 14.2. The Labute approximate surface area is 152 Å². The van der Waals surface area contributed by atoms with Crippen molar-refractivity contribution in [3.8, 4) is 0 Å². The Bertz CT molecular complexity index is 1230. The number of amides is 1. The van der Waals surface area contributed by atoms with Crippen molar-refractivity contribution < 1.29 is 18.0 Å². The smallest absolute Gasteiger partial charge is 0.249 e. The van der Waals surface area contributed by atoms with Crippen molar-refractivity contribution in [1.82, 2.24) is 4.57 Å². The van der Waals surface area contributed by atoms with Crippen molar-refractivity contribution in [1.29, 1.82) is 0 Å². The third-order valence-corrected chi connectivity index (χ3v) is 4.60. The van der Waals surface area contributed by atoms with Crippen LogP contribution in [0.4, 0.5) is 13.2 Å². The van der Waals surface area contributed by atoms with E-state index in [9.17, 15) is 18.0 Å². The number of nitrogens with two attached hydrogens (primary N) is 1. The molecule has 27 heavy (non-hydrogen) atoms. The van der Waals surface area contributed by atoms with E-state index in [1.165, 1.54) is 0 Å².